The molecule has 0 spiro atoms. The molecule has 0 saturated carbocycles. The van der Waals surface area contributed by atoms with Crippen LogP contribution in [0, 0.1) is 0 Å². The Morgan fingerprint density at radius 3 is 1.70 bits per heavy atom. The molecule has 47 heavy (non-hydrogen) atoms. The largest absolute Gasteiger partial charge is 0.263 e. The van der Waals surface area contributed by atoms with Crippen LogP contribution in [0.25, 0.3) is 78.3 Å². The van der Waals surface area contributed by atoms with Gasteiger partial charge in [0.25, 0.3) is 0 Å². The number of hydrogen-bond donors (Lipinski definition) is 0. The SMILES string of the molecule is c1ccc(-c2ccc(-c3nc(-c4ccccc4)nc(-c4cccc(-c5ccc6c7c(cncc57)-c5ccccc5S6)c4)n3)cc2)cc1. The van der Waals surface area contributed by atoms with Gasteiger partial charge < -0.3 is 0 Å². The molecule has 0 fully saturated rings. The van der Waals surface area contributed by atoms with Crippen LogP contribution in [0.2, 0.25) is 0 Å². The molecule has 6 aromatic carbocycles. The molecule has 9 rings (SSSR count). The highest BCUT2D eigenvalue weighted by Crippen LogP contribution is 2.49. The third-order valence-electron chi connectivity index (χ3n) is 8.63. The minimum absolute atomic E-state index is 0.633. The molecule has 0 radical (unpaired) electrons. The molecule has 1 aliphatic heterocycles. The van der Waals surface area contributed by atoms with Gasteiger partial charge in [0.05, 0.1) is 0 Å². The summed E-state index contributed by atoms with van der Waals surface area (Å²) in [7, 11) is 0. The maximum absolute atomic E-state index is 5.04. The predicted molar refractivity (Wildman–Crippen MR) is 192 cm³/mol. The number of aromatic nitrogens is 4. The second-order valence-corrected chi connectivity index (χ2v) is 12.6. The maximum Gasteiger partial charge on any atom is 0.164 e. The summed E-state index contributed by atoms with van der Waals surface area (Å²) in [5, 5.41) is 2.39. The van der Waals surface area contributed by atoms with Crippen molar-refractivity contribution in [1.82, 2.24) is 19.9 Å². The van der Waals surface area contributed by atoms with Gasteiger partial charge in [0.15, 0.2) is 17.5 Å². The summed E-state index contributed by atoms with van der Waals surface area (Å²) in [5.74, 6) is 1.91. The van der Waals surface area contributed by atoms with Gasteiger partial charge in [0.1, 0.15) is 0 Å². The van der Waals surface area contributed by atoms with Crippen molar-refractivity contribution in [3.8, 4) is 67.5 Å². The van der Waals surface area contributed by atoms with Gasteiger partial charge in [-0.05, 0) is 46.0 Å². The third-order valence-corrected chi connectivity index (χ3v) is 9.77. The molecule has 3 heterocycles. The zero-order chi connectivity index (χ0) is 31.2. The van der Waals surface area contributed by atoms with E-state index in [0.717, 1.165) is 38.8 Å². The van der Waals surface area contributed by atoms with Crippen molar-refractivity contribution in [2.75, 3.05) is 0 Å². The smallest absolute Gasteiger partial charge is 0.164 e. The fraction of sp³-hybridized carbons (Fsp3) is 0. The Balaban J connectivity index is 1.16. The summed E-state index contributed by atoms with van der Waals surface area (Å²) in [6.07, 6.45) is 3.99. The lowest BCUT2D eigenvalue weighted by atomic mass is 9.94. The fourth-order valence-corrected chi connectivity index (χ4v) is 7.45. The van der Waals surface area contributed by atoms with E-state index in [9.17, 15) is 0 Å². The minimum Gasteiger partial charge on any atom is -0.263 e. The minimum atomic E-state index is 0.633. The normalized spacial score (nSPS) is 11.7. The van der Waals surface area contributed by atoms with Gasteiger partial charge in [-0.15, -0.1) is 0 Å². The van der Waals surface area contributed by atoms with Gasteiger partial charge in [0, 0.05) is 55.2 Å². The summed E-state index contributed by atoms with van der Waals surface area (Å²) in [5.41, 5.74) is 9.77. The number of rotatable bonds is 5. The van der Waals surface area contributed by atoms with E-state index in [0.29, 0.717) is 17.5 Å². The number of benzene rings is 6. The lowest BCUT2D eigenvalue weighted by Gasteiger charge is -2.21. The highest BCUT2D eigenvalue weighted by Gasteiger charge is 2.21. The molecule has 0 saturated heterocycles. The van der Waals surface area contributed by atoms with E-state index >= 15 is 0 Å². The Kier molecular flexibility index (Phi) is 6.69. The molecular formula is C42H26N4S. The highest BCUT2D eigenvalue weighted by atomic mass is 32.2. The molecule has 1 aliphatic rings. The zero-order valence-electron chi connectivity index (χ0n) is 25.2. The Hall–Kier alpha value is -5.91. The summed E-state index contributed by atoms with van der Waals surface area (Å²) < 4.78 is 0. The molecule has 220 valence electrons. The van der Waals surface area contributed by atoms with Crippen LogP contribution in [0.5, 0.6) is 0 Å². The van der Waals surface area contributed by atoms with Crippen LogP contribution in [0.4, 0.5) is 0 Å². The van der Waals surface area contributed by atoms with E-state index in [1.165, 1.54) is 31.9 Å². The van der Waals surface area contributed by atoms with Crippen molar-refractivity contribution in [2.45, 2.75) is 9.79 Å². The molecule has 0 aliphatic carbocycles. The topological polar surface area (TPSA) is 51.6 Å². The molecule has 0 atom stereocenters. The number of nitrogens with zero attached hydrogens (tertiary/aromatic N) is 4. The Bertz CT molecular complexity index is 2420. The van der Waals surface area contributed by atoms with E-state index in [1.807, 2.05) is 60.6 Å². The fourth-order valence-electron chi connectivity index (χ4n) is 6.32. The number of fused-ring (bicyclic) bond motifs is 2. The monoisotopic (exact) mass is 618 g/mol. The quantitative estimate of drug-likeness (QED) is 0.192. The van der Waals surface area contributed by atoms with Crippen LogP contribution >= 0.6 is 11.8 Å². The first-order chi connectivity index (χ1) is 23.3. The van der Waals surface area contributed by atoms with Crippen molar-refractivity contribution >= 4 is 22.5 Å². The molecule has 0 amide bonds. The zero-order valence-corrected chi connectivity index (χ0v) is 26.0. The van der Waals surface area contributed by atoms with E-state index in [1.54, 1.807) is 0 Å². The van der Waals surface area contributed by atoms with Crippen molar-refractivity contribution < 1.29 is 0 Å². The first-order valence-electron chi connectivity index (χ1n) is 15.5. The van der Waals surface area contributed by atoms with Gasteiger partial charge in [0.2, 0.25) is 0 Å². The molecule has 4 nitrogen and oxygen atoms in total. The highest BCUT2D eigenvalue weighted by molar-refractivity contribution is 7.99. The molecule has 0 unspecified atom stereocenters. The van der Waals surface area contributed by atoms with Crippen LogP contribution in [0.15, 0.2) is 168 Å². The van der Waals surface area contributed by atoms with E-state index < -0.39 is 0 Å². The van der Waals surface area contributed by atoms with Crippen LogP contribution in [-0.4, -0.2) is 19.9 Å². The average molecular weight is 619 g/mol. The van der Waals surface area contributed by atoms with E-state index in [2.05, 4.69) is 109 Å². The second kappa shape index (κ2) is 11.5. The van der Waals surface area contributed by atoms with Gasteiger partial charge in [-0.2, -0.15) is 0 Å². The van der Waals surface area contributed by atoms with Crippen molar-refractivity contribution in [3.05, 3.63) is 158 Å². The number of hydrogen-bond acceptors (Lipinski definition) is 5. The van der Waals surface area contributed by atoms with Gasteiger partial charge in [-0.1, -0.05) is 139 Å². The second-order valence-electron chi connectivity index (χ2n) is 11.5. The maximum atomic E-state index is 5.04. The first kappa shape index (κ1) is 27.4. The van der Waals surface area contributed by atoms with Gasteiger partial charge in [-0.25, -0.2) is 15.0 Å². The number of pyridine rings is 1. The Labute approximate surface area is 276 Å². The molecule has 0 bridgehead atoms. The third kappa shape index (κ3) is 4.98. The van der Waals surface area contributed by atoms with Crippen LogP contribution < -0.4 is 0 Å². The van der Waals surface area contributed by atoms with Crippen molar-refractivity contribution in [2.24, 2.45) is 0 Å². The summed E-state index contributed by atoms with van der Waals surface area (Å²) in [4.78, 5) is 22.2. The summed E-state index contributed by atoms with van der Waals surface area (Å²) >= 11 is 1.82. The lowest BCUT2D eigenvalue weighted by molar-refractivity contribution is 1.07. The Morgan fingerprint density at radius 2 is 0.936 bits per heavy atom. The standard InChI is InChI=1S/C42H26N4S/c1-3-10-27(11-4-1)28-18-20-30(21-19-28)41-44-40(29-12-5-2-6-13-29)45-42(46-41)32-15-9-14-31(24-32)33-22-23-38-39-35(33)25-43-26-36(39)34-16-7-8-17-37(34)47-38/h1-26H. The first-order valence-corrected chi connectivity index (χ1v) is 16.4. The molecule has 2 aromatic heterocycles. The molecular weight excluding hydrogens is 593 g/mol. The van der Waals surface area contributed by atoms with Gasteiger partial charge >= 0.3 is 0 Å². The van der Waals surface area contributed by atoms with Crippen molar-refractivity contribution in [1.29, 1.82) is 0 Å². The van der Waals surface area contributed by atoms with E-state index in [-0.39, 0.29) is 0 Å². The Morgan fingerprint density at radius 1 is 0.362 bits per heavy atom. The van der Waals surface area contributed by atoms with Gasteiger partial charge in [-0.3, -0.25) is 4.98 Å². The van der Waals surface area contributed by atoms with E-state index in [4.69, 9.17) is 19.9 Å². The van der Waals surface area contributed by atoms with Crippen LogP contribution in [-0.2, 0) is 0 Å². The lowest BCUT2D eigenvalue weighted by Crippen LogP contribution is -2.00. The molecule has 8 aromatic rings. The summed E-state index contributed by atoms with van der Waals surface area (Å²) in [6, 6.07) is 50.4. The van der Waals surface area contributed by atoms with Crippen molar-refractivity contribution in [3.63, 3.8) is 0 Å². The predicted octanol–water partition coefficient (Wildman–Crippen LogP) is 10.9. The van der Waals surface area contributed by atoms with Crippen LogP contribution in [0.1, 0.15) is 0 Å². The van der Waals surface area contributed by atoms with Crippen LogP contribution in [0.3, 0.4) is 0 Å². The summed E-state index contributed by atoms with van der Waals surface area (Å²) in [6.45, 7) is 0. The molecule has 5 heteroatoms. The average Bonchev–Trinajstić information content (AvgIpc) is 3.16. The molecule has 0 N–H and O–H groups in total.